The molecule has 0 amide bonds. The Labute approximate surface area is 330 Å². The highest BCUT2D eigenvalue weighted by atomic mass is 32.1. The topological polar surface area (TPSA) is 48.0 Å². The Balaban J connectivity index is 0.974. The van der Waals surface area contributed by atoms with Crippen LogP contribution in [0.3, 0.4) is 0 Å². The van der Waals surface area contributed by atoms with Crippen LogP contribution in [0.4, 0.5) is 0 Å². The fraction of sp³-hybridized carbons (Fsp3) is 0. The van der Waals surface area contributed by atoms with Gasteiger partial charge in [0.2, 0.25) is 0 Å². The van der Waals surface area contributed by atoms with E-state index in [9.17, 15) is 0 Å². The van der Waals surface area contributed by atoms with Gasteiger partial charge < -0.3 is 8.97 Å². The molecule has 0 unspecified atom stereocenters. The molecule has 57 heavy (non-hydrogen) atoms. The van der Waals surface area contributed by atoms with Crippen LogP contribution in [0.2, 0.25) is 0 Å². The Hall–Kier alpha value is -7.41. The number of hydrogen-bond donors (Lipinski definition) is 0. The summed E-state index contributed by atoms with van der Waals surface area (Å²) >= 11 is 1.90. The molecule has 0 aliphatic rings. The van der Waals surface area contributed by atoms with Crippen molar-refractivity contribution in [2.45, 2.75) is 0 Å². The van der Waals surface area contributed by atoms with E-state index in [1.807, 2.05) is 72.0 Å². The Morgan fingerprint density at radius 1 is 0.351 bits per heavy atom. The van der Waals surface area contributed by atoms with Crippen LogP contribution in [0.25, 0.3) is 120 Å². The fourth-order valence-corrected chi connectivity index (χ4v) is 10.3. The number of nitrogens with zero attached hydrogens (tertiary/aromatic N) is 5. The Morgan fingerprint density at radius 3 is 1.70 bits per heavy atom. The molecule has 0 saturated carbocycles. The molecule has 0 aliphatic carbocycles. The fourth-order valence-electron chi connectivity index (χ4n) is 9.22. The smallest absolute Gasteiger partial charge is 0.164 e. The molecule has 0 saturated heterocycles. The number of aromatic nitrogens is 5. The number of hydrogen-bond acceptors (Lipinski definition) is 4. The lowest BCUT2D eigenvalue weighted by Crippen LogP contribution is -2.00. The zero-order chi connectivity index (χ0) is 37.2. The first-order chi connectivity index (χ1) is 28.3. The summed E-state index contributed by atoms with van der Waals surface area (Å²) in [6.45, 7) is 0. The maximum atomic E-state index is 4.99. The van der Waals surface area contributed by atoms with Crippen molar-refractivity contribution < 1.29 is 0 Å². The third-order valence-electron chi connectivity index (χ3n) is 11.7. The van der Waals surface area contributed by atoms with Crippen molar-refractivity contribution >= 4 is 80.6 Å². The Bertz CT molecular complexity index is 3610. The second-order valence-electron chi connectivity index (χ2n) is 14.8. The minimum atomic E-state index is 0.645. The normalized spacial score (nSPS) is 12.2. The van der Waals surface area contributed by atoms with Crippen LogP contribution in [-0.2, 0) is 0 Å². The van der Waals surface area contributed by atoms with Gasteiger partial charge in [-0.05, 0) is 65.7 Å². The summed E-state index contributed by atoms with van der Waals surface area (Å²) in [6, 6.07) is 62.7. The minimum Gasteiger partial charge on any atom is -0.309 e. The van der Waals surface area contributed by atoms with Gasteiger partial charge in [0.05, 0.1) is 27.6 Å². The van der Waals surface area contributed by atoms with E-state index >= 15 is 0 Å². The largest absolute Gasteiger partial charge is 0.309 e. The van der Waals surface area contributed by atoms with Gasteiger partial charge in [0.1, 0.15) is 0 Å². The van der Waals surface area contributed by atoms with Crippen molar-refractivity contribution in [3.05, 3.63) is 176 Å². The van der Waals surface area contributed by atoms with Crippen molar-refractivity contribution in [2.75, 3.05) is 0 Å². The summed E-state index contributed by atoms with van der Waals surface area (Å²) in [5.41, 5.74) is 12.4. The summed E-state index contributed by atoms with van der Waals surface area (Å²) in [4.78, 5) is 14.9. The molecular formula is C51H29N5S. The predicted molar refractivity (Wildman–Crippen MR) is 237 cm³/mol. The monoisotopic (exact) mass is 743 g/mol. The number of benzene rings is 8. The molecule has 6 heteroatoms. The zero-order valence-electron chi connectivity index (χ0n) is 30.4. The maximum Gasteiger partial charge on any atom is 0.164 e. The van der Waals surface area contributed by atoms with E-state index in [0.717, 1.165) is 33.5 Å². The van der Waals surface area contributed by atoms with Gasteiger partial charge in [-0.25, -0.2) is 15.0 Å². The van der Waals surface area contributed by atoms with Crippen molar-refractivity contribution in [1.82, 2.24) is 23.9 Å². The van der Waals surface area contributed by atoms with Gasteiger partial charge in [0.15, 0.2) is 17.5 Å². The highest BCUT2D eigenvalue weighted by Crippen LogP contribution is 2.50. The highest BCUT2D eigenvalue weighted by molar-refractivity contribution is 7.26. The SMILES string of the molecule is c1ccc(-c2nc(-c3ccccc3)nc(-c3cccc(-c4ccc(-n5c6ccc7sc8ccc9c%10ccccc%10n%10c%11cccc5c%11c6c7c8c9%10)cc4)c3)n2)cc1. The minimum absolute atomic E-state index is 0.645. The van der Waals surface area contributed by atoms with E-state index in [2.05, 4.69) is 124 Å². The van der Waals surface area contributed by atoms with Crippen LogP contribution in [-0.4, -0.2) is 23.9 Å². The highest BCUT2D eigenvalue weighted by Gasteiger charge is 2.25. The van der Waals surface area contributed by atoms with Crippen LogP contribution in [0.15, 0.2) is 176 Å². The van der Waals surface area contributed by atoms with Crippen LogP contribution in [0, 0.1) is 0 Å². The molecule has 0 radical (unpaired) electrons. The zero-order valence-corrected chi connectivity index (χ0v) is 31.2. The third-order valence-corrected chi connectivity index (χ3v) is 12.8. The summed E-state index contributed by atoms with van der Waals surface area (Å²) in [7, 11) is 0. The first kappa shape index (κ1) is 30.9. The summed E-state index contributed by atoms with van der Waals surface area (Å²) in [5.74, 6) is 1.95. The van der Waals surface area contributed by atoms with Crippen LogP contribution < -0.4 is 0 Å². The van der Waals surface area contributed by atoms with E-state index in [0.29, 0.717) is 17.5 Å². The summed E-state index contributed by atoms with van der Waals surface area (Å²) < 4.78 is 7.64. The average Bonchev–Trinajstić information content (AvgIpc) is 3.91. The van der Waals surface area contributed by atoms with Gasteiger partial charge in [-0.1, -0.05) is 121 Å². The molecule has 0 spiro atoms. The van der Waals surface area contributed by atoms with Crippen LogP contribution in [0.1, 0.15) is 0 Å². The van der Waals surface area contributed by atoms with E-state index in [1.54, 1.807) is 0 Å². The van der Waals surface area contributed by atoms with Gasteiger partial charge in [-0.2, -0.15) is 0 Å². The molecule has 5 aromatic heterocycles. The Kier molecular flexibility index (Phi) is 6.26. The number of rotatable bonds is 5. The predicted octanol–water partition coefficient (Wildman–Crippen LogP) is 13.4. The molecule has 0 N–H and O–H groups in total. The second kappa shape index (κ2) is 11.6. The molecule has 0 atom stereocenters. The molecular weight excluding hydrogens is 715 g/mol. The van der Waals surface area contributed by atoms with Crippen molar-refractivity contribution in [3.63, 3.8) is 0 Å². The second-order valence-corrected chi connectivity index (χ2v) is 15.9. The van der Waals surface area contributed by atoms with Crippen molar-refractivity contribution in [1.29, 1.82) is 0 Å². The standard InChI is InChI=1S/C51H29N5S/c1-3-11-31(12-4-1)49-52-50(32-13-5-2-6-14-32)54-51(53-49)34-16-9-15-33(29-34)30-21-23-35(24-22-30)55-39-19-10-20-40-44(39)45-41(55)26-28-42-46(45)47-43(57-42)27-25-37-36-17-7-8-18-38(36)56(40)48(37)47/h1-29H. The lowest BCUT2D eigenvalue weighted by atomic mass is 10.0. The molecule has 8 aromatic carbocycles. The van der Waals surface area contributed by atoms with Crippen molar-refractivity contribution in [2.24, 2.45) is 0 Å². The van der Waals surface area contributed by atoms with Gasteiger partial charge in [-0.15, -0.1) is 11.3 Å². The lowest BCUT2D eigenvalue weighted by Gasteiger charge is -2.11. The first-order valence-corrected chi connectivity index (χ1v) is 20.0. The number of para-hydroxylation sites is 1. The van der Waals surface area contributed by atoms with Crippen molar-refractivity contribution in [3.8, 4) is 51.0 Å². The van der Waals surface area contributed by atoms with E-state index in [-0.39, 0.29) is 0 Å². The van der Waals surface area contributed by atoms with E-state index < -0.39 is 0 Å². The van der Waals surface area contributed by atoms with Gasteiger partial charge >= 0.3 is 0 Å². The maximum absolute atomic E-state index is 4.99. The van der Waals surface area contributed by atoms with Crippen LogP contribution in [0.5, 0.6) is 0 Å². The molecule has 13 rings (SSSR count). The summed E-state index contributed by atoms with van der Waals surface area (Å²) in [5, 5.41) is 7.98. The molecule has 264 valence electrons. The summed E-state index contributed by atoms with van der Waals surface area (Å²) in [6.07, 6.45) is 0. The van der Waals surface area contributed by atoms with Gasteiger partial charge in [-0.3, -0.25) is 0 Å². The molecule has 5 nitrogen and oxygen atoms in total. The first-order valence-electron chi connectivity index (χ1n) is 19.2. The van der Waals surface area contributed by atoms with E-state index in [1.165, 1.54) is 69.3 Å². The third kappa shape index (κ3) is 4.36. The molecule has 0 fully saturated rings. The van der Waals surface area contributed by atoms with Gasteiger partial charge in [0.25, 0.3) is 0 Å². The van der Waals surface area contributed by atoms with Gasteiger partial charge in [0, 0.05) is 64.1 Å². The molecule has 5 heterocycles. The van der Waals surface area contributed by atoms with E-state index in [4.69, 9.17) is 15.0 Å². The molecule has 0 bridgehead atoms. The van der Waals surface area contributed by atoms with Crippen LogP contribution >= 0.6 is 11.3 Å². The molecule has 0 aliphatic heterocycles. The Morgan fingerprint density at radius 2 is 0.930 bits per heavy atom. The quantitative estimate of drug-likeness (QED) is 0.176. The lowest BCUT2D eigenvalue weighted by molar-refractivity contribution is 1.07. The number of fused-ring (bicyclic) bond motifs is 4. The molecule has 13 aromatic rings. The average molecular weight is 744 g/mol. The number of thiophene rings is 1.